The maximum atomic E-state index is 11.2. The Hall–Kier alpha value is -2.60. The van der Waals surface area contributed by atoms with Crippen LogP contribution in [0.3, 0.4) is 0 Å². The van der Waals surface area contributed by atoms with Gasteiger partial charge in [0.05, 0.1) is 28.4 Å². The van der Waals surface area contributed by atoms with Crippen molar-refractivity contribution >= 4 is 0 Å². The summed E-state index contributed by atoms with van der Waals surface area (Å²) in [5, 5.41) is 11.2. The molecule has 1 aliphatic heterocycles. The zero-order valence-electron chi connectivity index (χ0n) is 17.1. The van der Waals surface area contributed by atoms with Gasteiger partial charge in [0.2, 0.25) is 5.75 Å². The highest BCUT2D eigenvalue weighted by Crippen LogP contribution is 2.56. The van der Waals surface area contributed by atoms with Gasteiger partial charge in [-0.25, -0.2) is 0 Å². The summed E-state index contributed by atoms with van der Waals surface area (Å²) in [6.45, 7) is 0.977. The number of fused-ring (bicyclic) bond motifs is 2. The van der Waals surface area contributed by atoms with Crippen molar-refractivity contribution in [2.45, 2.75) is 25.3 Å². The van der Waals surface area contributed by atoms with Crippen LogP contribution in [0.4, 0.5) is 0 Å². The predicted octanol–water partition coefficient (Wildman–Crippen LogP) is 3.57. The van der Waals surface area contributed by atoms with Gasteiger partial charge in [-0.3, -0.25) is 4.90 Å². The number of phenolic OH excluding ortho intramolecular Hbond substituents is 1. The van der Waals surface area contributed by atoms with Crippen LogP contribution in [0.15, 0.2) is 12.1 Å². The van der Waals surface area contributed by atoms with E-state index in [0.29, 0.717) is 23.0 Å². The van der Waals surface area contributed by atoms with Crippen molar-refractivity contribution < 1.29 is 24.1 Å². The first kappa shape index (κ1) is 18.7. The fourth-order valence-corrected chi connectivity index (χ4v) is 4.72. The molecule has 0 fully saturated rings. The number of aryl methyl sites for hydroxylation is 1. The van der Waals surface area contributed by atoms with Gasteiger partial charge in [-0.05, 0) is 55.1 Å². The molecule has 2 aromatic rings. The van der Waals surface area contributed by atoms with E-state index in [0.717, 1.165) is 48.1 Å². The molecule has 1 aliphatic carbocycles. The maximum absolute atomic E-state index is 11.2. The molecule has 1 heterocycles. The average molecular weight is 385 g/mol. The molecule has 0 saturated carbocycles. The minimum atomic E-state index is 0.148. The lowest BCUT2D eigenvalue weighted by molar-refractivity contribution is 0.220. The third-order valence-corrected chi connectivity index (χ3v) is 6.06. The SMILES string of the molecule is COc1cc2c3c(c1O)-c1c(cc(OC)c(OC)c1OC)CC[C@@H]3N(C)CC2. The van der Waals surface area contributed by atoms with Gasteiger partial charge in [0.15, 0.2) is 23.0 Å². The Morgan fingerprint density at radius 3 is 2.18 bits per heavy atom. The van der Waals surface area contributed by atoms with Gasteiger partial charge >= 0.3 is 0 Å². The van der Waals surface area contributed by atoms with Gasteiger partial charge in [-0.15, -0.1) is 0 Å². The van der Waals surface area contributed by atoms with Crippen LogP contribution in [0.1, 0.15) is 29.2 Å². The predicted molar refractivity (Wildman–Crippen MR) is 107 cm³/mol. The normalized spacial score (nSPS) is 18.0. The average Bonchev–Trinajstić information content (AvgIpc) is 2.89. The van der Waals surface area contributed by atoms with Gasteiger partial charge in [-0.2, -0.15) is 0 Å². The van der Waals surface area contributed by atoms with E-state index in [1.54, 1.807) is 28.4 Å². The second kappa shape index (κ2) is 7.09. The number of aromatic hydroxyl groups is 1. The minimum Gasteiger partial charge on any atom is -0.504 e. The molecule has 28 heavy (non-hydrogen) atoms. The Kier molecular flexibility index (Phi) is 4.75. The van der Waals surface area contributed by atoms with E-state index in [1.807, 2.05) is 12.1 Å². The van der Waals surface area contributed by atoms with E-state index in [2.05, 4.69) is 11.9 Å². The monoisotopic (exact) mass is 385 g/mol. The van der Waals surface area contributed by atoms with E-state index in [4.69, 9.17) is 18.9 Å². The van der Waals surface area contributed by atoms with Crippen molar-refractivity contribution in [2.75, 3.05) is 42.0 Å². The molecule has 6 nitrogen and oxygen atoms in total. The van der Waals surface area contributed by atoms with Crippen molar-refractivity contribution in [2.24, 2.45) is 0 Å². The molecule has 1 N–H and O–H groups in total. The topological polar surface area (TPSA) is 60.4 Å². The Bertz CT molecular complexity index is 924. The fraction of sp³-hybridized carbons (Fsp3) is 0.455. The number of nitrogens with zero attached hydrogens (tertiary/aromatic N) is 1. The number of rotatable bonds is 4. The lowest BCUT2D eigenvalue weighted by atomic mass is 9.85. The molecule has 1 atom stereocenters. The second-order valence-electron chi connectivity index (χ2n) is 7.34. The molecule has 4 rings (SSSR count). The van der Waals surface area contributed by atoms with E-state index in [9.17, 15) is 5.11 Å². The Morgan fingerprint density at radius 2 is 1.54 bits per heavy atom. The molecular weight excluding hydrogens is 358 g/mol. The van der Waals surface area contributed by atoms with Crippen LogP contribution in [0.25, 0.3) is 11.1 Å². The summed E-state index contributed by atoms with van der Waals surface area (Å²) < 4.78 is 22.5. The van der Waals surface area contributed by atoms with Crippen LogP contribution in [-0.4, -0.2) is 52.0 Å². The van der Waals surface area contributed by atoms with Crippen LogP contribution < -0.4 is 18.9 Å². The summed E-state index contributed by atoms with van der Waals surface area (Å²) in [5.74, 6) is 2.37. The van der Waals surface area contributed by atoms with E-state index >= 15 is 0 Å². The lowest BCUT2D eigenvalue weighted by Crippen LogP contribution is -2.32. The first-order valence-corrected chi connectivity index (χ1v) is 9.50. The van der Waals surface area contributed by atoms with Crippen molar-refractivity contribution in [1.82, 2.24) is 4.90 Å². The molecule has 2 aliphatic rings. The van der Waals surface area contributed by atoms with Gasteiger partial charge in [0.25, 0.3) is 0 Å². The Labute approximate surface area is 165 Å². The van der Waals surface area contributed by atoms with Gasteiger partial charge in [0.1, 0.15) is 0 Å². The molecule has 0 aromatic heterocycles. The number of phenols is 1. The molecule has 0 bridgehead atoms. The van der Waals surface area contributed by atoms with Gasteiger partial charge < -0.3 is 24.1 Å². The van der Waals surface area contributed by atoms with Gasteiger partial charge in [0, 0.05) is 23.7 Å². The number of hydrogen-bond acceptors (Lipinski definition) is 6. The first-order chi connectivity index (χ1) is 13.5. The Balaban J connectivity index is 2.13. The van der Waals surface area contributed by atoms with Gasteiger partial charge in [-0.1, -0.05) is 0 Å². The molecule has 0 radical (unpaired) electrons. The second-order valence-corrected chi connectivity index (χ2v) is 7.34. The molecule has 6 heteroatoms. The first-order valence-electron chi connectivity index (χ1n) is 9.50. The maximum Gasteiger partial charge on any atom is 0.203 e. The Morgan fingerprint density at radius 1 is 0.857 bits per heavy atom. The van der Waals surface area contributed by atoms with Crippen molar-refractivity contribution in [1.29, 1.82) is 0 Å². The third kappa shape index (κ3) is 2.58. The van der Waals surface area contributed by atoms with Crippen LogP contribution in [0.2, 0.25) is 0 Å². The van der Waals surface area contributed by atoms with E-state index in [1.165, 1.54) is 5.56 Å². The largest absolute Gasteiger partial charge is 0.504 e. The third-order valence-electron chi connectivity index (χ3n) is 6.06. The van der Waals surface area contributed by atoms with Crippen LogP contribution in [-0.2, 0) is 12.8 Å². The van der Waals surface area contributed by atoms with Crippen LogP contribution in [0.5, 0.6) is 28.7 Å². The molecule has 0 spiro atoms. The highest BCUT2D eigenvalue weighted by Gasteiger charge is 2.36. The zero-order valence-corrected chi connectivity index (χ0v) is 17.1. The highest BCUT2D eigenvalue weighted by atomic mass is 16.5. The number of hydrogen-bond donors (Lipinski definition) is 1. The number of methoxy groups -OCH3 is 4. The van der Waals surface area contributed by atoms with Crippen LogP contribution >= 0.6 is 0 Å². The quantitative estimate of drug-likeness (QED) is 0.868. The molecule has 0 unspecified atom stereocenters. The molecule has 2 aromatic carbocycles. The molecule has 0 amide bonds. The summed E-state index contributed by atoms with van der Waals surface area (Å²) in [6.07, 6.45) is 2.71. The summed E-state index contributed by atoms with van der Waals surface area (Å²) >= 11 is 0. The smallest absolute Gasteiger partial charge is 0.203 e. The fourth-order valence-electron chi connectivity index (χ4n) is 4.72. The molecule has 150 valence electrons. The number of likely N-dealkylation sites (N-methyl/N-ethyl adjacent to an activating group) is 1. The van der Waals surface area contributed by atoms with E-state index < -0.39 is 0 Å². The number of benzene rings is 2. The molecular formula is C22H27NO5. The number of ether oxygens (including phenoxy) is 4. The van der Waals surface area contributed by atoms with Crippen LogP contribution in [0, 0.1) is 0 Å². The summed E-state index contributed by atoms with van der Waals surface area (Å²) in [4.78, 5) is 2.37. The molecule has 0 saturated heterocycles. The lowest BCUT2D eigenvalue weighted by Gasteiger charge is -2.35. The zero-order chi connectivity index (χ0) is 20.0. The van der Waals surface area contributed by atoms with E-state index in [-0.39, 0.29) is 11.8 Å². The minimum absolute atomic E-state index is 0.148. The summed E-state index contributed by atoms with van der Waals surface area (Å²) in [5.41, 5.74) is 5.11. The van der Waals surface area contributed by atoms with Crippen molar-refractivity contribution in [3.8, 4) is 39.9 Å². The van der Waals surface area contributed by atoms with Crippen molar-refractivity contribution in [3.05, 3.63) is 28.8 Å². The standard InChI is InChI=1S/C22H27NO5/c1-23-9-8-13-10-15(25-2)20(24)19-17(13)14(23)7-6-12-11-16(26-3)21(27-4)22(28-5)18(12)19/h10-11,14,24H,6-9H2,1-5H3/t14-/m0/s1. The summed E-state index contributed by atoms with van der Waals surface area (Å²) in [6, 6.07) is 4.20. The highest BCUT2D eigenvalue weighted by molar-refractivity contribution is 5.88. The summed E-state index contributed by atoms with van der Waals surface area (Å²) in [7, 11) is 8.57. The van der Waals surface area contributed by atoms with Crippen molar-refractivity contribution in [3.63, 3.8) is 0 Å².